The highest BCUT2D eigenvalue weighted by Crippen LogP contribution is 2.33. The molecule has 0 saturated heterocycles. The number of nitrogens with zero attached hydrogens (tertiary/aromatic N) is 3. The highest BCUT2D eigenvalue weighted by atomic mass is 35.5. The highest BCUT2D eigenvalue weighted by Gasteiger charge is 2.20. The van der Waals surface area contributed by atoms with Crippen LogP contribution >= 0.6 is 11.6 Å². The normalized spacial score (nSPS) is 11.3. The van der Waals surface area contributed by atoms with Gasteiger partial charge in [-0.3, -0.25) is 9.36 Å². The van der Waals surface area contributed by atoms with Crippen LogP contribution in [0.4, 0.5) is 5.82 Å². The maximum absolute atomic E-state index is 12.7. The first kappa shape index (κ1) is 15.5. The lowest BCUT2D eigenvalue weighted by atomic mass is 10.2. The van der Waals surface area contributed by atoms with Crippen molar-refractivity contribution < 1.29 is 4.42 Å². The third-order valence-electron chi connectivity index (χ3n) is 4.04. The Bertz CT molecular complexity index is 1250. The van der Waals surface area contributed by atoms with Gasteiger partial charge in [0.1, 0.15) is 16.8 Å². The van der Waals surface area contributed by atoms with E-state index in [1.807, 2.05) is 0 Å². The van der Waals surface area contributed by atoms with Crippen LogP contribution in [0.3, 0.4) is 0 Å². The van der Waals surface area contributed by atoms with Gasteiger partial charge in [0.15, 0.2) is 11.4 Å². The van der Waals surface area contributed by atoms with E-state index >= 15 is 0 Å². The van der Waals surface area contributed by atoms with Crippen LogP contribution in [0.5, 0.6) is 0 Å². The molecule has 126 valence electrons. The molecule has 0 atom stereocenters. The van der Waals surface area contributed by atoms with Crippen LogP contribution in [0.1, 0.15) is 0 Å². The molecular formula is C17H13ClN4O3. The zero-order valence-electron chi connectivity index (χ0n) is 13.4. The van der Waals surface area contributed by atoms with E-state index in [0.717, 1.165) is 0 Å². The van der Waals surface area contributed by atoms with Gasteiger partial charge in [-0.2, -0.15) is 4.98 Å². The average molecular weight is 357 g/mol. The van der Waals surface area contributed by atoms with E-state index < -0.39 is 5.69 Å². The number of aromatic nitrogens is 3. The smallest absolute Gasteiger partial charge is 0.355 e. The minimum Gasteiger partial charge on any atom is -0.450 e. The highest BCUT2D eigenvalue weighted by molar-refractivity contribution is 6.31. The molecular weight excluding hydrogens is 344 g/mol. The SMILES string of the molecule is CNc1nc(=O)n(-c2cccn(C)c2=O)c2c1oc1ccc(Cl)cc12. The van der Waals surface area contributed by atoms with Gasteiger partial charge in [-0.05, 0) is 30.3 Å². The fourth-order valence-electron chi connectivity index (χ4n) is 2.88. The van der Waals surface area contributed by atoms with Gasteiger partial charge in [0.05, 0.1) is 0 Å². The average Bonchev–Trinajstić information content (AvgIpc) is 2.96. The lowest BCUT2D eigenvalue weighted by Gasteiger charge is -2.09. The number of hydrogen-bond donors (Lipinski definition) is 1. The second-order valence-electron chi connectivity index (χ2n) is 5.56. The van der Waals surface area contributed by atoms with Gasteiger partial charge in [0.2, 0.25) is 0 Å². The minimum atomic E-state index is -0.581. The summed E-state index contributed by atoms with van der Waals surface area (Å²) in [6.45, 7) is 0. The van der Waals surface area contributed by atoms with Crippen LogP contribution in [-0.2, 0) is 7.05 Å². The predicted octanol–water partition coefficient (Wildman–Crippen LogP) is 2.53. The molecule has 0 aliphatic rings. The Hall–Kier alpha value is -3.06. The zero-order chi connectivity index (χ0) is 17.7. The summed E-state index contributed by atoms with van der Waals surface area (Å²) in [7, 11) is 3.26. The largest absolute Gasteiger partial charge is 0.450 e. The van der Waals surface area contributed by atoms with Gasteiger partial charge >= 0.3 is 5.69 Å². The number of furan rings is 1. The molecule has 0 aliphatic carbocycles. The van der Waals surface area contributed by atoms with Crippen molar-refractivity contribution in [2.75, 3.05) is 12.4 Å². The Morgan fingerprint density at radius 2 is 2.04 bits per heavy atom. The minimum absolute atomic E-state index is 0.192. The molecule has 4 rings (SSSR count). The number of anilines is 1. The molecule has 25 heavy (non-hydrogen) atoms. The summed E-state index contributed by atoms with van der Waals surface area (Å²) in [5.74, 6) is 0.302. The topological polar surface area (TPSA) is 82.1 Å². The summed E-state index contributed by atoms with van der Waals surface area (Å²) in [5, 5.41) is 3.98. The van der Waals surface area contributed by atoms with E-state index in [4.69, 9.17) is 16.0 Å². The molecule has 1 N–H and O–H groups in total. The maximum atomic E-state index is 12.7. The van der Waals surface area contributed by atoms with Crippen molar-refractivity contribution >= 4 is 39.5 Å². The van der Waals surface area contributed by atoms with Crippen molar-refractivity contribution in [3.8, 4) is 5.69 Å². The Morgan fingerprint density at radius 3 is 2.80 bits per heavy atom. The van der Waals surface area contributed by atoms with Crippen LogP contribution in [-0.4, -0.2) is 21.2 Å². The lowest BCUT2D eigenvalue weighted by Crippen LogP contribution is -2.30. The molecule has 4 aromatic rings. The van der Waals surface area contributed by atoms with Crippen LogP contribution in [0.2, 0.25) is 5.02 Å². The van der Waals surface area contributed by atoms with Crippen molar-refractivity contribution in [3.05, 3.63) is 62.4 Å². The maximum Gasteiger partial charge on any atom is 0.355 e. The van der Waals surface area contributed by atoms with Crippen molar-refractivity contribution in [2.24, 2.45) is 7.05 Å². The van der Waals surface area contributed by atoms with Crippen molar-refractivity contribution in [2.45, 2.75) is 0 Å². The zero-order valence-corrected chi connectivity index (χ0v) is 14.2. The van der Waals surface area contributed by atoms with Crippen molar-refractivity contribution in [1.29, 1.82) is 0 Å². The molecule has 8 heteroatoms. The molecule has 0 unspecified atom stereocenters. The second-order valence-corrected chi connectivity index (χ2v) is 5.99. The summed E-state index contributed by atoms with van der Waals surface area (Å²) in [6.07, 6.45) is 1.62. The third kappa shape index (κ3) is 2.24. The van der Waals surface area contributed by atoms with Crippen molar-refractivity contribution in [1.82, 2.24) is 14.1 Å². The van der Waals surface area contributed by atoms with Crippen LogP contribution in [0.25, 0.3) is 27.8 Å². The molecule has 0 bridgehead atoms. The fourth-order valence-corrected chi connectivity index (χ4v) is 3.05. The molecule has 1 aromatic carbocycles. The first-order valence-electron chi connectivity index (χ1n) is 7.50. The lowest BCUT2D eigenvalue weighted by molar-refractivity contribution is 0.664. The molecule has 3 aromatic heterocycles. The van der Waals surface area contributed by atoms with Gasteiger partial charge in [-0.15, -0.1) is 0 Å². The van der Waals surface area contributed by atoms with E-state index in [2.05, 4.69) is 10.3 Å². The van der Waals surface area contributed by atoms with Crippen molar-refractivity contribution in [3.63, 3.8) is 0 Å². The first-order chi connectivity index (χ1) is 12.0. The summed E-state index contributed by atoms with van der Waals surface area (Å²) in [5.41, 5.74) is 0.669. The number of aryl methyl sites for hydroxylation is 1. The molecule has 0 fully saturated rings. The third-order valence-corrected chi connectivity index (χ3v) is 4.28. The van der Waals surface area contributed by atoms with Gasteiger partial charge in [0.25, 0.3) is 5.56 Å². The second kappa shape index (κ2) is 5.49. The Balaban J connectivity index is 2.28. The number of hydrogen-bond acceptors (Lipinski definition) is 5. The standard InChI is InChI=1S/C17H13ClN4O3/c1-19-15-14-13(10-8-9(18)5-6-12(10)25-14)22(17(24)20-15)11-4-3-7-21(2)16(11)23/h3-8H,1-2H3,(H,19,20,24). The van der Waals surface area contributed by atoms with Gasteiger partial charge in [-0.25, -0.2) is 4.79 Å². The molecule has 0 spiro atoms. The monoisotopic (exact) mass is 356 g/mol. The molecule has 0 saturated carbocycles. The van der Waals surface area contributed by atoms with Gasteiger partial charge < -0.3 is 14.3 Å². The van der Waals surface area contributed by atoms with Gasteiger partial charge in [-0.1, -0.05) is 11.6 Å². The number of benzene rings is 1. The number of nitrogens with one attached hydrogen (secondary N) is 1. The van der Waals surface area contributed by atoms with Gasteiger partial charge in [0, 0.05) is 30.7 Å². The van der Waals surface area contributed by atoms with Crippen LogP contribution in [0, 0.1) is 0 Å². The first-order valence-corrected chi connectivity index (χ1v) is 7.87. The Kier molecular flexibility index (Phi) is 3.40. The summed E-state index contributed by atoms with van der Waals surface area (Å²) in [4.78, 5) is 29.2. The number of fused-ring (bicyclic) bond motifs is 3. The van der Waals surface area contributed by atoms with Crippen LogP contribution < -0.4 is 16.6 Å². The van der Waals surface area contributed by atoms with E-state index in [1.54, 1.807) is 50.6 Å². The van der Waals surface area contributed by atoms with Crippen LogP contribution in [0.15, 0.2) is 50.5 Å². The van der Waals surface area contributed by atoms with E-state index in [0.29, 0.717) is 32.9 Å². The molecule has 0 amide bonds. The summed E-state index contributed by atoms with van der Waals surface area (Å²) < 4.78 is 8.53. The van der Waals surface area contributed by atoms with E-state index in [1.165, 1.54) is 9.13 Å². The molecule has 0 radical (unpaired) electrons. The summed E-state index contributed by atoms with van der Waals surface area (Å²) in [6, 6.07) is 8.38. The Morgan fingerprint density at radius 1 is 1.24 bits per heavy atom. The molecule has 0 aliphatic heterocycles. The number of rotatable bonds is 2. The number of halogens is 1. The van der Waals surface area contributed by atoms with E-state index in [9.17, 15) is 9.59 Å². The van der Waals surface area contributed by atoms with E-state index in [-0.39, 0.29) is 11.2 Å². The fraction of sp³-hybridized carbons (Fsp3) is 0.118. The predicted molar refractivity (Wildman–Crippen MR) is 96.9 cm³/mol. The summed E-state index contributed by atoms with van der Waals surface area (Å²) >= 11 is 6.12. The molecule has 3 heterocycles. The Labute approximate surface area is 146 Å². The quantitative estimate of drug-likeness (QED) is 0.597. The molecule has 7 nitrogen and oxygen atoms in total. The number of pyridine rings is 1.